The Hall–Kier alpha value is -2.43. The standard InChI is InChI=1S/2C28H31.C3H4F3.CH3.2ClH.Si.Zr/c2*1-2-18-6-8-22(9-7-18)26-5-3-4-23-11-21(17-28(23)26)16-27-24-12-19-10-20(14-24)15-25(27)13-19;1-2-3(4,5)6;;;;;/h2*3-9,11,17,19-20,24-25,27H,2,10,12-16H2,1H3;1-2H2;1H3;2*1H;;/q4*-1;;;;. The van der Waals surface area contributed by atoms with Gasteiger partial charge in [0.05, 0.1) is 0 Å². The summed E-state index contributed by atoms with van der Waals surface area (Å²) in [6, 6.07) is 42.0. The van der Waals surface area contributed by atoms with Gasteiger partial charge in [0.2, 0.25) is 0 Å². The first kappa shape index (κ1) is 53.9. The predicted molar refractivity (Wildman–Crippen MR) is 280 cm³/mol. The van der Waals surface area contributed by atoms with E-state index in [9.17, 15) is 13.2 Å². The summed E-state index contributed by atoms with van der Waals surface area (Å²) in [6.45, 7) is 10.1. The number of hydrogen-bond acceptors (Lipinski definition) is 0. The molecule has 2 radical (unpaired) electrons. The van der Waals surface area contributed by atoms with Crippen molar-refractivity contribution in [3.8, 4) is 22.3 Å². The summed E-state index contributed by atoms with van der Waals surface area (Å²) >= 11 is 1.36. The minimum atomic E-state index is -4.07. The van der Waals surface area contributed by atoms with Crippen LogP contribution in [0.15, 0.2) is 109 Å². The van der Waals surface area contributed by atoms with Crippen molar-refractivity contribution in [3.63, 3.8) is 0 Å². The zero-order chi connectivity index (χ0) is 44.5. The van der Waals surface area contributed by atoms with Crippen molar-refractivity contribution in [1.29, 1.82) is 0 Å². The van der Waals surface area contributed by atoms with Crippen LogP contribution in [0.4, 0.5) is 13.2 Å². The summed E-state index contributed by atoms with van der Waals surface area (Å²) in [7, 11) is 0. The third-order valence-electron chi connectivity index (χ3n) is 17.0. The normalized spacial score (nSPS) is 27.0. The molecule has 7 heteroatoms. The molecule has 67 heavy (non-hydrogen) atoms. The van der Waals surface area contributed by atoms with Crippen LogP contribution in [0.5, 0.6) is 0 Å². The van der Waals surface area contributed by atoms with Gasteiger partial charge < -0.3 is 14.4 Å². The van der Waals surface area contributed by atoms with Crippen molar-refractivity contribution >= 4 is 53.2 Å². The Labute approximate surface area is 430 Å². The quantitative estimate of drug-likeness (QED) is 0.105. The maximum absolute atomic E-state index is 10.7. The Morgan fingerprint density at radius 1 is 0.537 bits per heavy atom. The van der Waals surface area contributed by atoms with Gasteiger partial charge in [-0.1, -0.05) is 92.1 Å². The van der Waals surface area contributed by atoms with Crippen molar-refractivity contribution in [1.82, 2.24) is 0 Å². The molecule has 8 aliphatic carbocycles. The molecule has 14 rings (SSSR count). The van der Waals surface area contributed by atoms with E-state index in [2.05, 4.69) is 137 Å². The monoisotopic (exact) mass is 1040 g/mol. The van der Waals surface area contributed by atoms with Crippen LogP contribution < -0.4 is 0 Å². The first-order valence-corrected chi connectivity index (χ1v) is 28.9. The number of rotatable bonds is 8. The van der Waals surface area contributed by atoms with Crippen LogP contribution in [0.25, 0.3) is 43.8 Å². The van der Waals surface area contributed by atoms with E-state index in [1.54, 1.807) is 24.0 Å². The van der Waals surface area contributed by atoms with E-state index in [-0.39, 0.29) is 32.2 Å². The van der Waals surface area contributed by atoms with Crippen molar-refractivity contribution in [2.24, 2.45) is 59.2 Å². The molecule has 6 aromatic rings. The molecule has 8 bridgehead atoms. The number of aryl methyl sites for hydroxylation is 2. The molecule has 358 valence electrons. The molecule has 0 atom stereocenters. The zero-order valence-corrected chi connectivity index (χ0v) is 45.0. The first-order valence-electron chi connectivity index (χ1n) is 24.8. The maximum atomic E-state index is 10.7. The van der Waals surface area contributed by atoms with Crippen LogP contribution in [0.2, 0.25) is 0 Å². The molecule has 6 aromatic carbocycles. The molecule has 0 amide bonds. The molecular weight excluding hydrogens is 968 g/mol. The van der Waals surface area contributed by atoms with Gasteiger partial charge in [0.25, 0.3) is 0 Å². The van der Waals surface area contributed by atoms with Gasteiger partial charge in [0, 0.05) is 0 Å². The zero-order valence-electron chi connectivity index (χ0n) is 39.9. The third-order valence-corrected chi connectivity index (χ3v) is 17.0. The molecule has 0 unspecified atom stereocenters. The number of alkyl halides is 3. The van der Waals surface area contributed by atoms with Crippen molar-refractivity contribution in [2.75, 3.05) is 0 Å². The summed E-state index contributed by atoms with van der Waals surface area (Å²) in [5, 5.41) is 5.75. The molecule has 8 aliphatic rings. The fourth-order valence-electron chi connectivity index (χ4n) is 14.5. The first-order chi connectivity index (χ1) is 31.1. The molecule has 8 fully saturated rings. The second kappa shape index (κ2) is 23.7. The summed E-state index contributed by atoms with van der Waals surface area (Å²) in [5.74, 6) is 10.3. The van der Waals surface area contributed by atoms with Crippen LogP contribution >= 0.6 is 24.8 Å². The van der Waals surface area contributed by atoms with Crippen LogP contribution in [0.1, 0.15) is 107 Å². The molecule has 0 spiro atoms. The van der Waals surface area contributed by atoms with E-state index >= 15 is 0 Å². The molecular formula is C60H71Cl2F3SiZr-4. The molecule has 0 aromatic heterocycles. The van der Waals surface area contributed by atoms with E-state index in [1.807, 2.05) is 0 Å². The van der Waals surface area contributed by atoms with Gasteiger partial charge >= 0.3 is 36.4 Å². The van der Waals surface area contributed by atoms with Gasteiger partial charge in [-0.15, -0.1) is 93.9 Å². The van der Waals surface area contributed by atoms with Gasteiger partial charge in [-0.05, 0) is 171 Å². The number of benzene rings is 4. The second-order valence-electron chi connectivity index (χ2n) is 20.9. The van der Waals surface area contributed by atoms with Crippen LogP contribution in [-0.4, -0.2) is 13.1 Å². The number of halogens is 5. The van der Waals surface area contributed by atoms with Gasteiger partial charge in [0.15, 0.2) is 0 Å². The van der Waals surface area contributed by atoms with Crippen LogP contribution in [0, 0.1) is 73.5 Å². The third kappa shape index (κ3) is 12.2. The fraction of sp³-hybridized carbons (Fsp3) is 0.467. The summed E-state index contributed by atoms with van der Waals surface area (Å²) in [5.41, 5.74) is 11.5. The van der Waals surface area contributed by atoms with Crippen LogP contribution in [-0.2, 0) is 49.0 Å². The predicted octanol–water partition coefficient (Wildman–Crippen LogP) is 17.5. The SMILES string of the molecule is CCc1ccc(-c2cccc3[cH-]c(CC4C5CC6CC(C5)CC4C6)cc23)cc1.CCc1ccc(-c2cccc3[cH-]c(CC4C5CC6CC(C5)CC4C6)cc23)cc1.Cl.Cl.[CH2-]CC(F)(F)F.[CH3-].[Si]=[Zr]. The molecule has 0 aliphatic heterocycles. The Morgan fingerprint density at radius 2 is 0.851 bits per heavy atom. The average Bonchev–Trinajstić information content (AvgIpc) is 3.93. The van der Waals surface area contributed by atoms with E-state index < -0.39 is 12.6 Å². The van der Waals surface area contributed by atoms with E-state index in [4.69, 9.17) is 0 Å². The molecule has 0 nitrogen and oxygen atoms in total. The molecule has 0 saturated heterocycles. The van der Waals surface area contributed by atoms with E-state index in [0.717, 1.165) is 72.0 Å². The van der Waals surface area contributed by atoms with Crippen molar-refractivity contribution in [2.45, 2.75) is 116 Å². The average molecular weight is 1040 g/mol. The minimum absolute atomic E-state index is 0. The Kier molecular flexibility index (Phi) is 19.0. The summed E-state index contributed by atoms with van der Waals surface area (Å²) < 4.78 is 32.2. The molecule has 8 saturated carbocycles. The van der Waals surface area contributed by atoms with Crippen molar-refractivity contribution in [3.05, 3.63) is 146 Å². The Bertz CT molecular complexity index is 2260. The number of fused-ring (bicyclic) bond motifs is 2. The Balaban J connectivity index is 0.000000184. The topological polar surface area (TPSA) is 0 Å². The van der Waals surface area contributed by atoms with Crippen molar-refractivity contribution < 1.29 is 36.5 Å². The van der Waals surface area contributed by atoms with Crippen LogP contribution in [0.3, 0.4) is 0 Å². The molecule has 0 heterocycles. The Morgan fingerprint density at radius 3 is 1.13 bits per heavy atom. The molecule has 0 N–H and O–H groups in total. The van der Waals surface area contributed by atoms with Gasteiger partial charge in [-0.25, -0.2) is 0 Å². The van der Waals surface area contributed by atoms with Gasteiger partial charge in [0.1, 0.15) is 0 Å². The van der Waals surface area contributed by atoms with Gasteiger partial charge in [-0.2, -0.15) is 25.3 Å². The fourth-order valence-corrected chi connectivity index (χ4v) is 14.5. The summed E-state index contributed by atoms with van der Waals surface area (Å²) in [6.07, 6.45) is 15.2. The summed E-state index contributed by atoms with van der Waals surface area (Å²) in [4.78, 5) is 0. The van der Waals surface area contributed by atoms with E-state index in [1.165, 1.54) is 142 Å². The van der Waals surface area contributed by atoms with E-state index in [0.29, 0.717) is 0 Å². The second-order valence-corrected chi connectivity index (χ2v) is 20.9. The number of hydrogen-bond donors (Lipinski definition) is 0. The van der Waals surface area contributed by atoms with Gasteiger partial charge in [-0.3, -0.25) is 0 Å².